The maximum Gasteiger partial charge on any atom is 0.238 e. The highest BCUT2D eigenvalue weighted by atomic mass is 35.5. The van der Waals surface area contributed by atoms with E-state index in [9.17, 15) is 4.79 Å². The fourth-order valence-corrected chi connectivity index (χ4v) is 4.97. The minimum atomic E-state index is 0.0187. The molecule has 7 nitrogen and oxygen atoms in total. The summed E-state index contributed by atoms with van der Waals surface area (Å²) in [4.78, 5) is 25.5. The molecule has 188 valence electrons. The predicted octanol–water partition coefficient (Wildman–Crippen LogP) is 5.51. The van der Waals surface area contributed by atoms with Gasteiger partial charge in [-0.25, -0.2) is 9.97 Å². The Bertz CT molecular complexity index is 1100. The molecule has 0 unspecified atom stereocenters. The van der Waals surface area contributed by atoms with Crippen LogP contribution in [0.25, 0.3) is 10.9 Å². The molecule has 0 radical (unpaired) electrons. The fraction of sp³-hybridized carbons (Fsp3) is 0.519. The Balaban J connectivity index is 1.24. The lowest BCUT2D eigenvalue weighted by Gasteiger charge is -2.35. The van der Waals surface area contributed by atoms with E-state index < -0.39 is 0 Å². The molecule has 4 rings (SSSR count). The minimum Gasteiger partial charge on any atom is -0.354 e. The van der Waals surface area contributed by atoms with Gasteiger partial charge in [-0.15, -0.1) is 0 Å². The van der Waals surface area contributed by atoms with Gasteiger partial charge in [0.15, 0.2) is 0 Å². The lowest BCUT2D eigenvalue weighted by Crippen LogP contribution is -2.49. The number of rotatable bonds is 11. The van der Waals surface area contributed by atoms with E-state index >= 15 is 0 Å². The number of amides is 1. The number of halogens is 1. The van der Waals surface area contributed by atoms with Crippen LogP contribution in [0.2, 0.25) is 5.28 Å². The number of carbonyl (C=O) groups is 1. The number of nitrogens with one attached hydrogen (secondary N) is 1. The third-order valence-corrected chi connectivity index (χ3v) is 6.85. The summed E-state index contributed by atoms with van der Waals surface area (Å²) in [6, 6.07) is 10.3. The van der Waals surface area contributed by atoms with Gasteiger partial charge in [-0.1, -0.05) is 39.0 Å². The average Bonchev–Trinajstić information content (AvgIpc) is 3.23. The number of carbonyl (C=O) groups excluding carboxylic acids is 1. The van der Waals surface area contributed by atoms with Crippen molar-refractivity contribution in [1.82, 2.24) is 19.4 Å². The second kappa shape index (κ2) is 12.4. The number of unbranched alkanes of at least 4 members (excludes halogenated alkanes) is 5. The molecule has 8 heteroatoms. The maximum atomic E-state index is 12.7. The van der Waals surface area contributed by atoms with Crippen molar-refractivity contribution in [1.29, 1.82) is 0 Å². The number of aromatic nitrogens is 3. The molecule has 1 fully saturated rings. The Morgan fingerprint density at radius 2 is 1.77 bits per heavy atom. The zero-order valence-electron chi connectivity index (χ0n) is 21.0. The van der Waals surface area contributed by atoms with Crippen LogP contribution in [0.1, 0.15) is 51.1 Å². The second-order valence-electron chi connectivity index (χ2n) is 9.50. The molecule has 0 atom stereocenters. The molecule has 1 aliphatic heterocycles. The van der Waals surface area contributed by atoms with E-state index in [1.807, 2.05) is 19.1 Å². The molecule has 1 amide bonds. The first-order valence-corrected chi connectivity index (χ1v) is 13.3. The van der Waals surface area contributed by atoms with Crippen LogP contribution >= 0.6 is 11.6 Å². The normalized spacial score (nSPS) is 14.5. The third kappa shape index (κ3) is 7.18. The zero-order chi connectivity index (χ0) is 24.6. The molecule has 0 bridgehead atoms. The highest BCUT2D eigenvalue weighted by molar-refractivity contribution is 6.28. The summed E-state index contributed by atoms with van der Waals surface area (Å²) < 4.78 is 2.33. The van der Waals surface area contributed by atoms with Crippen LogP contribution in [0.3, 0.4) is 0 Å². The van der Waals surface area contributed by atoms with Crippen LogP contribution in [-0.4, -0.2) is 58.1 Å². The standard InChI is InChI=1S/C27H37ClN6O/c1-3-4-5-6-7-8-12-33-13-11-22-19-23(9-10-24(22)33)30-26(35)20-32-14-16-34(17-15-32)25-18-21(2)29-27(28)31-25/h9-11,13,18-19H,3-8,12,14-17,20H2,1-2H3,(H,30,35). The molecule has 0 spiro atoms. The molecule has 1 aliphatic rings. The quantitative estimate of drug-likeness (QED) is 0.280. The van der Waals surface area contributed by atoms with Gasteiger partial charge in [0, 0.05) is 67.3 Å². The molecule has 1 saturated heterocycles. The maximum absolute atomic E-state index is 12.7. The van der Waals surface area contributed by atoms with Crippen molar-refractivity contribution in [2.45, 2.75) is 58.9 Å². The molecular weight excluding hydrogens is 460 g/mol. The largest absolute Gasteiger partial charge is 0.354 e. The molecule has 3 heterocycles. The monoisotopic (exact) mass is 496 g/mol. The lowest BCUT2D eigenvalue weighted by molar-refractivity contribution is -0.117. The summed E-state index contributed by atoms with van der Waals surface area (Å²) >= 11 is 6.01. The van der Waals surface area contributed by atoms with Gasteiger partial charge in [0.2, 0.25) is 11.2 Å². The van der Waals surface area contributed by atoms with Gasteiger partial charge in [-0.05, 0) is 49.2 Å². The van der Waals surface area contributed by atoms with E-state index in [0.29, 0.717) is 6.54 Å². The van der Waals surface area contributed by atoms with Gasteiger partial charge >= 0.3 is 0 Å². The van der Waals surface area contributed by atoms with Gasteiger partial charge in [-0.2, -0.15) is 0 Å². The number of benzene rings is 1. The Morgan fingerprint density at radius 3 is 2.54 bits per heavy atom. The summed E-state index contributed by atoms with van der Waals surface area (Å²) in [7, 11) is 0. The van der Waals surface area contributed by atoms with Crippen molar-refractivity contribution in [2.75, 3.05) is 42.9 Å². The van der Waals surface area contributed by atoms with Crippen molar-refractivity contribution in [3.05, 3.63) is 47.5 Å². The van der Waals surface area contributed by atoms with E-state index in [4.69, 9.17) is 11.6 Å². The molecule has 1 N–H and O–H groups in total. The third-order valence-electron chi connectivity index (χ3n) is 6.68. The fourth-order valence-electron chi connectivity index (χ4n) is 4.75. The summed E-state index contributed by atoms with van der Waals surface area (Å²) in [6.07, 6.45) is 9.96. The van der Waals surface area contributed by atoms with Crippen molar-refractivity contribution in [3.8, 4) is 0 Å². The van der Waals surface area contributed by atoms with Crippen molar-refractivity contribution < 1.29 is 4.79 Å². The topological polar surface area (TPSA) is 66.3 Å². The highest BCUT2D eigenvalue weighted by Gasteiger charge is 2.20. The summed E-state index contributed by atoms with van der Waals surface area (Å²) in [5.41, 5.74) is 2.94. The first-order chi connectivity index (χ1) is 17.0. The van der Waals surface area contributed by atoms with Crippen molar-refractivity contribution in [2.24, 2.45) is 0 Å². The summed E-state index contributed by atoms with van der Waals surface area (Å²) in [5, 5.41) is 4.52. The van der Waals surface area contributed by atoms with E-state index in [-0.39, 0.29) is 11.2 Å². The zero-order valence-corrected chi connectivity index (χ0v) is 21.7. The first kappa shape index (κ1) is 25.5. The predicted molar refractivity (Wildman–Crippen MR) is 144 cm³/mol. The average molecular weight is 497 g/mol. The van der Waals surface area contributed by atoms with Gasteiger partial charge in [-0.3, -0.25) is 9.69 Å². The van der Waals surface area contributed by atoms with Crippen LogP contribution in [-0.2, 0) is 11.3 Å². The number of aryl methyl sites for hydroxylation is 2. The van der Waals surface area contributed by atoms with E-state index in [2.05, 4.69) is 61.0 Å². The first-order valence-electron chi connectivity index (χ1n) is 12.9. The Hall–Kier alpha value is -2.64. The van der Waals surface area contributed by atoms with E-state index in [1.54, 1.807) is 0 Å². The number of fused-ring (bicyclic) bond motifs is 1. The molecular formula is C27H37ClN6O. The van der Waals surface area contributed by atoms with Crippen LogP contribution in [0.15, 0.2) is 36.5 Å². The van der Waals surface area contributed by atoms with E-state index in [1.165, 1.54) is 49.4 Å². The van der Waals surface area contributed by atoms with Gasteiger partial charge in [0.25, 0.3) is 0 Å². The van der Waals surface area contributed by atoms with Gasteiger partial charge in [0.05, 0.1) is 6.54 Å². The lowest BCUT2D eigenvalue weighted by atomic mass is 10.1. The Labute approximate surface area is 213 Å². The number of hydrogen-bond donors (Lipinski definition) is 1. The molecule has 1 aromatic carbocycles. The highest BCUT2D eigenvalue weighted by Crippen LogP contribution is 2.22. The number of hydrogen-bond acceptors (Lipinski definition) is 5. The smallest absolute Gasteiger partial charge is 0.238 e. The summed E-state index contributed by atoms with van der Waals surface area (Å²) in [5.74, 6) is 0.869. The number of piperazine rings is 1. The van der Waals surface area contributed by atoms with Crippen LogP contribution in [0.4, 0.5) is 11.5 Å². The minimum absolute atomic E-state index is 0.0187. The number of anilines is 2. The Morgan fingerprint density at radius 1 is 1.00 bits per heavy atom. The second-order valence-corrected chi connectivity index (χ2v) is 9.84. The van der Waals surface area contributed by atoms with Crippen LogP contribution < -0.4 is 10.2 Å². The molecule has 0 aliphatic carbocycles. The SMILES string of the molecule is CCCCCCCCn1ccc2cc(NC(=O)CN3CCN(c4cc(C)nc(Cl)n4)CC3)ccc21. The van der Waals surface area contributed by atoms with Crippen molar-refractivity contribution >= 4 is 39.9 Å². The molecule has 0 saturated carbocycles. The van der Waals surface area contributed by atoms with Gasteiger partial charge < -0.3 is 14.8 Å². The van der Waals surface area contributed by atoms with Crippen LogP contribution in [0.5, 0.6) is 0 Å². The molecule has 2 aromatic heterocycles. The molecule has 3 aromatic rings. The Kier molecular flexibility index (Phi) is 8.99. The van der Waals surface area contributed by atoms with Crippen LogP contribution in [0, 0.1) is 6.92 Å². The van der Waals surface area contributed by atoms with E-state index in [0.717, 1.165) is 49.9 Å². The summed E-state index contributed by atoms with van der Waals surface area (Å²) in [6.45, 7) is 8.81. The van der Waals surface area contributed by atoms with Gasteiger partial charge in [0.1, 0.15) is 5.82 Å². The van der Waals surface area contributed by atoms with Crippen molar-refractivity contribution in [3.63, 3.8) is 0 Å². The molecule has 35 heavy (non-hydrogen) atoms. The number of nitrogens with zero attached hydrogens (tertiary/aromatic N) is 5.